The molecule has 2 aromatic carbocycles. The standard InChI is InChI=1S/C31H35N7O/c1-18-12-20(8-11-26(18)38-15-25(35-17-38)19-6-7-19)27-33-14-24(31(4,5)32)28(37-27)36-21-9-10-22-23(13-21)30(2,3)16-34-29(22)39/h8-15,17,19H,6-7,16,32H2,1-5H3,(H,34,39)(H,33,36,37). The molecule has 1 amide bonds. The van der Waals surface area contributed by atoms with Gasteiger partial charge in [-0.15, -0.1) is 0 Å². The summed E-state index contributed by atoms with van der Waals surface area (Å²) < 4.78 is 2.10. The lowest BCUT2D eigenvalue weighted by molar-refractivity contribution is 0.0930. The van der Waals surface area contributed by atoms with Gasteiger partial charge in [0.15, 0.2) is 5.82 Å². The monoisotopic (exact) mass is 521 g/mol. The minimum atomic E-state index is -0.658. The van der Waals surface area contributed by atoms with Crippen LogP contribution >= 0.6 is 0 Å². The molecule has 1 saturated carbocycles. The predicted molar refractivity (Wildman–Crippen MR) is 154 cm³/mol. The number of nitrogens with zero attached hydrogens (tertiary/aromatic N) is 4. The van der Waals surface area contributed by atoms with Crippen LogP contribution in [0.25, 0.3) is 17.1 Å². The highest BCUT2D eigenvalue weighted by atomic mass is 16.1. The van der Waals surface area contributed by atoms with Crippen molar-refractivity contribution in [1.29, 1.82) is 0 Å². The number of nitrogens with one attached hydrogen (secondary N) is 2. The predicted octanol–water partition coefficient (Wildman–Crippen LogP) is 5.47. The molecule has 2 aliphatic rings. The molecule has 0 unspecified atom stereocenters. The lowest BCUT2D eigenvalue weighted by Gasteiger charge is -2.33. The van der Waals surface area contributed by atoms with E-state index in [4.69, 9.17) is 15.7 Å². The summed E-state index contributed by atoms with van der Waals surface area (Å²) in [5.74, 6) is 1.84. The largest absolute Gasteiger partial charge is 0.351 e. The maximum Gasteiger partial charge on any atom is 0.251 e. The van der Waals surface area contributed by atoms with Gasteiger partial charge in [0, 0.05) is 63.9 Å². The first kappa shape index (κ1) is 25.2. The summed E-state index contributed by atoms with van der Waals surface area (Å²) in [5, 5.41) is 6.47. The molecule has 4 N–H and O–H groups in total. The molecular weight excluding hydrogens is 486 g/mol. The van der Waals surface area contributed by atoms with Gasteiger partial charge in [0.05, 0.1) is 12.0 Å². The van der Waals surface area contributed by atoms with Gasteiger partial charge in [-0.2, -0.15) is 0 Å². The first-order chi connectivity index (χ1) is 18.5. The van der Waals surface area contributed by atoms with Crippen molar-refractivity contribution in [3.8, 4) is 17.1 Å². The molecular formula is C31H35N7O. The van der Waals surface area contributed by atoms with Crippen LogP contribution in [0, 0.1) is 6.92 Å². The summed E-state index contributed by atoms with van der Waals surface area (Å²) in [4.78, 5) is 26.7. The molecule has 6 rings (SSSR count). The van der Waals surface area contributed by atoms with Crippen LogP contribution in [0.15, 0.2) is 55.1 Å². The number of imidazole rings is 1. The molecule has 0 radical (unpaired) electrons. The van der Waals surface area contributed by atoms with Crippen molar-refractivity contribution in [3.63, 3.8) is 0 Å². The summed E-state index contributed by atoms with van der Waals surface area (Å²) in [7, 11) is 0. The van der Waals surface area contributed by atoms with E-state index < -0.39 is 5.54 Å². The van der Waals surface area contributed by atoms with Crippen LogP contribution in [0.1, 0.15) is 79.2 Å². The Hall–Kier alpha value is -4.04. The van der Waals surface area contributed by atoms with Crippen molar-refractivity contribution >= 4 is 17.4 Å². The Balaban J connectivity index is 1.35. The molecule has 1 aliphatic heterocycles. The first-order valence-corrected chi connectivity index (χ1v) is 13.5. The van der Waals surface area contributed by atoms with Crippen molar-refractivity contribution in [2.45, 2.75) is 64.3 Å². The Morgan fingerprint density at radius 2 is 1.92 bits per heavy atom. The normalized spacial score (nSPS) is 16.5. The minimum Gasteiger partial charge on any atom is -0.351 e. The maximum atomic E-state index is 12.4. The SMILES string of the molecule is Cc1cc(-c2ncc(C(C)(C)N)c(Nc3ccc4c(c3)C(C)(C)CNC4=O)n2)ccc1-n1cnc(C2CC2)c1. The smallest absolute Gasteiger partial charge is 0.251 e. The summed E-state index contributed by atoms with van der Waals surface area (Å²) in [6, 6.07) is 12.1. The van der Waals surface area contributed by atoms with Crippen LogP contribution < -0.4 is 16.4 Å². The highest BCUT2D eigenvalue weighted by molar-refractivity contribution is 5.98. The van der Waals surface area contributed by atoms with Crippen molar-refractivity contribution in [2.24, 2.45) is 5.73 Å². The topological polar surface area (TPSA) is 111 Å². The van der Waals surface area contributed by atoms with E-state index in [0.717, 1.165) is 33.6 Å². The van der Waals surface area contributed by atoms with Crippen LogP contribution in [0.2, 0.25) is 0 Å². The zero-order valence-electron chi connectivity index (χ0n) is 23.2. The second-order valence-corrected chi connectivity index (χ2v) is 12.1. The highest BCUT2D eigenvalue weighted by Crippen LogP contribution is 2.39. The second-order valence-electron chi connectivity index (χ2n) is 12.1. The number of aromatic nitrogens is 4. The Morgan fingerprint density at radius 3 is 2.64 bits per heavy atom. The van der Waals surface area contributed by atoms with Crippen LogP contribution in [-0.4, -0.2) is 32.0 Å². The minimum absolute atomic E-state index is 0.0396. The van der Waals surface area contributed by atoms with E-state index >= 15 is 0 Å². The van der Waals surface area contributed by atoms with Gasteiger partial charge in [-0.1, -0.05) is 13.8 Å². The van der Waals surface area contributed by atoms with Gasteiger partial charge in [0.25, 0.3) is 5.91 Å². The zero-order valence-corrected chi connectivity index (χ0v) is 23.2. The molecule has 39 heavy (non-hydrogen) atoms. The number of carbonyl (C=O) groups is 1. The Kier molecular flexibility index (Phi) is 5.84. The number of aryl methyl sites for hydroxylation is 1. The van der Waals surface area contributed by atoms with Gasteiger partial charge in [-0.05, 0) is 81.1 Å². The fourth-order valence-corrected chi connectivity index (χ4v) is 5.24. The van der Waals surface area contributed by atoms with E-state index in [1.807, 2.05) is 50.6 Å². The van der Waals surface area contributed by atoms with Crippen LogP contribution in [-0.2, 0) is 11.0 Å². The van der Waals surface area contributed by atoms with Gasteiger partial charge < -0.3 is 20.9 Å². The number of rotatable bonds is 6. The number of nitrogens with two attached hydrogens (primary N) is 1. The lowest BCUT2D eigenvalue weighted by Crippen LogP contribution is -2.43. The third-order valence-electron chi connectivity index (χ3n) is 7.76. The Labute approximate surface area is 229 Å². The number of carbonyl (C=O) groups excluding carboxylic acids is 1. The molecule has 0 spiro atoms. The third kappa shape index (κ3) is 4.81. The summed E-state index contributed by atoms with van der Waals surface area (Å²) in [6.45, 7) is 10.8. The van der Waals surface area contributed by atoms with E-state index in [1.54, 1.807) is 0 Å². The summed E-state index contributed by atoms with van der Waals surface area (Å²) in [6.07, 6.45) is 8.31. The van der Waals surface area contributed by atoms with Crippen molar-refractivity contribution in [2.75, 3.05) is 11.9 Å². The van der Waals surface area contributed by atoms with Crippen molar-refractivity contribution in [3.05, 3.63) is 83.1 Å². The molecule has 200 valence electrons. The van der Waals surface area contributed by atoms with E-state index in [-0.39, 0.29) is 11.3 Å². The number of amides is 1. The molecule has 3 heterocycles. The Bertz CT molecular complexity index is 1590. The van der Waals surface area contributed by atoms with Crippen LogP contribution in [0.3, 0.4) is 0 Å². The van der Waals surface area contributed by atoms with Gasteiger partial charge >= 0.3 is 0 Å². The zero-order chi connectivity index (χ0) is 27.5. The number of hydrogen-bond donors (Lipinski definition) is 3. The quantitative estimate of drug-likeness (QED) is 0.310. The maximum absolute atomic E-state index is 12.4. The van der Waals surface area contributed by atoms with Crippen molar-refractivity contribution in [1.82, 2.24) is 24.8 Å². The molecule has 0 bridgehead atoms. The van der Waals surface area contributed by atoms with Crippen LogP contribution in [0.5, 0.6) is 0 Å². The third-order valence-corrected chi connectivity index (χ3v) is 7.76. The fraction of sp³-hybridized carbons (Fsp3) is 0.355. The molecule has 2 aromatic heterocycles. The van der Waals surface area contributed by atoms with Gasteiger partial charge in [0.1, 0.15) is 5.82 Å². The molecule has 1 aliphatic carbocycles. The lowest BCUT2D eigenvalue weighted by atomic mass is 9.79. The molecule has 0 saturated heterocycles. The van der Waals surface area contributed by atoms with Crippen molar-refractivity contribution < 1.29 is 4.79 Å². The van der Waals surface area contributed by atoms with Gasteiger partial charge in [-0.25, -0.2) is 15.0 Å². The average molecular weight is 522 g/mol. The molecule has 4 aromatic rings. The molecule has 8 nitrogen and oxygen atoms in total. The van der Waals surface area contributed by atoms with Gasteiger partial charge in [0.2, 0.25) is 0 Å². The fourth-order valence-electron chi connectivity index (χ4n) is 5.24. The molecule has 1 fully saturated rings. The molecule has 0 atom stereocenters. The van der Waals surface area contributed by atoms with E-state index in [2.05, 4.69) is 59.3 Å². The number of benzene rings is 2. The van der Waals surface area contributed by atoms with E-state index in [9.17, 15) is 4.79 Å². The Morgan fingerprint density at radius 1 is 1.13 bits per heavy atom. The second kappa shape index (κ2) is 9.02. The van der Waals surface area contributed by atoms with Gasteiger partial charge in [-0.3, -0.25) is 4.79 Å². The van der Waals surface area contributed by atoms with Crippen LogP contribution in [0.4, 0.5) is 11.5 Å². The van der Waals surface area contributed by atoms with E-state index in [1.165, 1.54) is 18.5 Å². The summed E-state index contributed by atoms with van der Waals surface area (Å²) in [5.41, 5.74) is 13.4. The van der Waals surface area contributed by atoms with E-state index in [0.29, 0.717) is 29.7 Å². The average Bonchev–Trinajstić information content (AvgIpc) is 3.63. The summed E-state index contributed by atoms with van der Waals surface area (Å²) >= 11 is 0. The highest BCUT2D eigenvalue weighted by Gasteiger charge is 2.32. The molecule has 8 heteroatoms. The first-order valence-electron chi connectivity index (χ1n) is 13.5. The number of hydrogen-bond acceptors (Lipinski definition) is 6. The number of fused-ring (bicyclic) bond motifs is 1. The number of anilines is 2.